The quantitative estimate of drug-likeness (QED) is 0.543. The summed E-state index contributed by atoms with van der Waals surface area (Å²) in [4.78, 5) is 12.0. The molecule has 3 rings (SSSR count). The third kappa shape index (κ3) is 5.06. The van der Waals surface area contributed by atoms with Crippen LogP contribution in [0.5, 0.6) is 0 Å². The molecular weight excluding hydrogens is 445 g/mol. The summed E-state index contributed by atoms with van der Waals surface area (Å²) in [6, 6.07) is 12.9. The number of hydrogen-bond acceptors (Lipinski definition) is 7. The number of ether oxygens (including phenoxy) is 1. The number of sulfonamides is 1. The molecule has 1 heterocycles. The molecule has 0 amide bonds. The van der Waals surface area contributed by atoms with Crippen molar-refractivity contribution in [1.29, 1.82) is 0 Å². The lowest BCUT2D eigenvalue weighted by molar-refractivity contribution is 0.0467. The van der Waals surface area contributed by atoms with Crippen LogP contribution in [-0.4, -0.2) is 24.0 Å². The Hall–Kier alpha value is -2.04. The van der Waals surface area contributed by atoms with E-state index in [1.807, 2.05) is 6.07 Å². The molecule has 0 saturated heterocycles. The predicted octanol–water partition coefficient (Wildman–Crippen LogP) is 3.68. The molecule has 0 fully saturated rings. The summed E-state index contributed by atoms with van der Waals surface area (Å²) in [6.07, 6.45) is 0. The van der Waals surface area contributed by atoms with E-state index in [2.05, 4.69) is 14.3 Å². The Balaban J connectivity index is 1.74. The first-order valence-corrected chi connectivity index (χ1v) is 10.8. The maximum atomic E-state index is 12.6. The number of rotatable bonds is 7. The third-order valence-corrected chi connectivity index (χ3v) is 6.48. The highest BCUT2D eigenvalue weighted by Crippen LogP contribution is 2.24. The largest absolute Gasteiger partial charge is 0.455 e. The molecule has 7 nitrogen and oxygen atoms in total. The van der Waals surface area contributed by atoms with Gasteiger partial charge >= 0.3 is 5.97 Å². The van der Waals surface area contributed by atoms with Gasteiger partial charge in [0.1, 0.15) is 21.5 Å². The molecule has 0 radical (unpaired) electrons. The van der Waals surface area contributed by atoms with Gasteiger partial charge in [-0.05, 0) is 23.8 Å². The summed E-state index contributed by atoms with van der Waals surface area (Å²) in [5, 5.41) is 3.73. The monoisotopic (exact) mass is 457 g/mol. The van der Waals surface area contributed by atoms with Gasteiger partial charge in [0.05, 0.1) is 10.6 Å². The number of nitrogens with zero attached hydrogens (tertiary/aromatic N) is 2. The molecule has 0 unspecified atom stereocenters. The summed E-state index contributed by atoms with van der Waals surface area (Å²) < 4.78 is 36.7. The van der Waals surface area contributed by atoms with Crippen molar-refractivity contribution in [3.8, 4) is 0 Å². The zero-order valence-electron chi connectivity index (χ0n) is 14.1. The normalized spacial score (nSPS) is 11.4. The summed E-state index contributed by atoms with van der Waals surface area (Å²) in [6.45, 7) is -0.0887. The van der Waals surface area contributed by atoms with E-state index in [1.165, 1.54) is 18.2 Å². The number of nitrogens with one attached hydrogen (secondary N) is 1. The minimum absolute atomic E-state index is 0.0103. The zero-order valence-corrected chi connectivity index (χ0v) is 17.3. The molecule has 3 aromatic rings. The van der Waals surface area contributed by atoms with Crippen LogP contribution in [0.4, 0.5) is 0 Å². The molecule has 1 N–H and O–H groups in total. The molecule has 2 aromatic carbocycles. The Morgan fingerprint density at radius 1 is 1.14 bits per heavy atom. The summed E-state index contributed by atoms with van der Waals surface area (Å²) in [7, 11) is -3.94. The van der Waals surface area contributed by atoms with Crippen LogP contribution in [0.3, 0.4) is 0 Å². The molecular formula is C17H13Cl2N3O4S2. The number of aromatic nitrogens is 2. The molecule has 0 aliphatic heterocycles. The predicted molar refractivity (Wildman–Crippen MR) is 106 cm³/mol. The fourth-order valence-corrected chi connectivity index (χ4v) is 4.33. The van der Waals surface area contributed by atoms with Gasteiger partial charge in [-0.2, -0.15) is 0 Å². The van der Waals surface area contributed by atoms with Gasteiger partial charge in [0.15, 0.2) is 0 Å². The first kappa shape index (κ1) is 20.7. The lowest BCUT2D eigenvalue weighted by Crippen LogP contribution is -2.24. The molecule has 0 aliphatic rings. The Labute approximate surface area is 175 Å². The van der Waals surface area contributed by atoms with Crippen molar-refractivity contribution in [3.05, 3.63) is 74.7 Å². The molecule has 0 atom stereocenters. The van der Waals surface area contributed by atoms with Gasteiger partial charge in [0.25, 0.3) is 0 Å². The van der Waals surface area contributed by atoms with Crippen molar-refractivity contribution < 1.29 is 17.9 Å². The fourth-order valence-electron chi connectivity index (χ4n) is 2.19. The van der Waals surface area contributed by atoms with Crippen LogP contribution in [0.25, 0.3) is 0 Å². The number of hydrogen-bond donors (Lipinski definition) is 1. The van der Waals surface area contributed by atoms with Crippen molar-refractivity contribution >= 4 is 50.7 Å². The highest BCUT2D eigenvalue weighted by Gasteiger charge is 2.21. The SMILES string of the molecule is O=C(OCc1nnsc1Cl)c1ccc(Cl)c(S(=O)(=O)NCc2ccccc2)c1. The zero-order chi connectivity index (χ0) is 20.1. The topological polar surface area (TPSA) is 98.2 Å². The van der Waals surface area contributed by atoms with E-state index in [9.17, 15) is 13.2 Å². The minimum Gasteiger partial charge on any atom is -0.455 e. The maximum absolute atomic E-state index is 12.6. The Morgan fingerprint density at radius 3 is 2.57 bits per heavy atom. The fraction of sp³-hybridized carbons (Fsp3) is 0.118. The first-order valence-electron chi connectivity index (χ1n) is 7.84. The van der Waals surface area contributed by atoms with Crippen LogP contribution in [0, 0.1) is 0 Å². The summed E-state index contributed by atoms with van der Waals surface area (Å²) in [5.74, 6) is -0.736. The Morgan fingerprint density at radius 2 is 1.89 bits per heavy atom. The maximum Gasteiger partial charge on any atom is 0.338 e. The number of halogens is 2. The van der Waals surface area contributed by atoms with Gasteiger partial charge in [-0.15, -0.1) is 5.10 Å². The summed E-state index contributed by atoms with van der Waals surface area (Å²) in [5.41, 5.74) is 1.14. The highest BCUT2D eigenvalue weighted by molar-refractivity contribution is 7.89. The van der Waals surface area contributed by atoms with Crippen LogP contribution < -0.4 is 4.72 Å². The highest BCUT2D eigenvalue weighted by atomic mass is 35.5. The number of carbonyl (C=O) groups is 1. The van der Waals surface area contributed by atoms with Crippen LogP contribution in [-0.2, 0) is 27.9 Å². The van der Waals surface area contributed by atoms with Gasteiger partial charge in [-0.1, -0.05) is 58.0 Å². The standard InChI is InChI=1S/C17H13Cl2N3O4S2/c18-13-7-6-12(17(23)26-10-14-16(19)27-22-21-14)8-15(13)28(24,25)20-9-11-4-2-1-3-5-11/h1-8,20H,9-10H2. The second kappa shape index (κ2) is 8.97. The number of benzene rings is 2. The van der Waals surface area contributed by atoms with Gasteiger partial charge in [-0.25, -0.2) is 17.9 Å². The van der Waals surface area contributed by atoms with Gasteiger partial charge < -0.3 is 4.74 Å². The van der Waals surface area contributed by atoms with Crippen LogP contribution in [0.15, 0.2) is 53.4 Å². The molecule has 0 bridgehead atoms. The Bertz CT molecular complexity index is 1090. The summed E-state index contributed by atoms with van der Waals surface area (Å²) >= 11 is 12.9. The van der Waals surface area contributed by atoms with Crippen molar-refractivity contribution in [2.45, 2.75) is 18.0 Å². The smallest absolute Gasteiger partial charge is 0.338 e. The molecule has 1 aromatic heterocycles. The van der Waals surface area contributed by atoms with Crippen molar-refractivity contribution in [1.82, 2.24) is 14.3 Å². The van der Waals surface area contributed by atoms with Crippen LogP contribution in [0.2, 0.25) is 9.36 Å². The van der Waals surface area contributed by atoms with Crippen LogP contribution in [0.1, 0.15) is 21.6 Å². The lowest BCUT2D eigenvalue weighted by Gasteiger charge is -2.10. The average Bonchev–Trinajstić information content (AvgIpc) is 3.10. The second-order valence-corrected chi connectivity index (χ2v) is 9.02. The van der Waals surface area contributed by atoms with E-state index in [-0.39, 0.29) is 28.6 Å². The Kier molecular flexibility index (Phi) is 6.63. The van der Waals surface area contributed by atoms with Gasteiger partial charge in [0, 0.05) is 18.1 Å². The van der Waals surface area contributed by atoms with E-state index in [4.69, 9.17) is 27.9 Å². The molecule has 28 heavy (non-hydrogen) atoms. The van der Waals surface area contributed by atoms with E-state index < -0.39 is 16.0 Å². The first-order chi connectivity index (χ1) is 13.4. The van der Waals surface area contributed by atoms with Crippen LogP contribution >= 0.6 is 34.7 Å². The lowest BCUT2D eigenvalue weighted by atomic mass is 10.2. The van der Waals surface area contributed by atoms with E-state index in [1.54, 1.807) is 24.3 Å². The van der Waals surface area contributed by atoms with Gasteiger partial charge in [0.2, 0.25) is 10.0 Å². The number of esters is 1. The van der Waals surface area contributed by atoms with E-state index in [0.29, 0.717) is 10.0 Å². The van der Waals surface area contributed by atoms with E-state index >= 15 is 0 Å². The van der Waals surface area contributed by atoms with Crippen molar-refractivity contribution in [2.24, 2.45) is 0 Å². The molecule has 0 aliphatic carbocycles. The average molecular weight is 458 g/mol. The number of carbonyl (C=O) groups excluding carboxylic acids is 1. The molecule has 146 valence electrons. The third-order valence-electron chi connectivity index (χ3n) is 3.61. The van der Waals surface area contributed by atoms with Gasteiger partial charge in [-0.3, -0.25) is 0 Å². The molecule has 0 saturated carbocycles. The minimum atomic E-state index is -3.94. The van der Waals surface area contributed by atoms with Crippen molar-refractivity contribution in [3.63, 3.8) is 0 Å². The van der Waals surface area contributed by atoms with Crippen molar-refractivity contribution in [2.75, 3.05) is 0 Å². The second-order valence-electron chi connectivity index (χ2n) is 5.52. The molecule has 0 spiro atoms. The van der Waals surface area contributed by atoms with E-state index in [0.717, 1.165) is 17.1 Å². The molecule has 11 heteroatoms.